The lowest BCUT2D eigenvalue weighted by atomic mass is 9.97. The summed E-state index contributed by atoms with van der Waals surface area (Å²) in [6.07, 6.45) is 1.40. The third-order valence-corrected chi connectivity index (χ3v) is 5.82. The van der Waals surface area contributed by atoms with Gasteiger partial charge in [-0.1, -0.05) is 18.2 Å². The topological polar surface area (TPSA) is 124 Å². The molecule has 0 aliphatic carbocycles. The molecule has 2 heterocycles. The number of nitrogens with one attached hydrogen (secondary N) is 1. The molecular weight excluding hydrogens is 495 g/mol. The Labute approximate surface area is 216 Å². The van der Waals surface area contributed by atoms with Crippen LogP contribution in [0.2, 0.25) is 0 Å². The Bertz CT molecular complexity index is 1550. The molecule has 0 aliphatic heterocycles. The average molecular weight is 522 g/mol. The van der Waals surface area contributed by atoms with E-state index in [-0.39, 0.29) is 11.1 Å². The molecule has 0 unspecified atom stereocenters. The van der Waals surface area contributed by atoms with Gasteiger partial charge in [-0.3, -0.25) is 9.79 Å². The largest absolute Gasteiger partial charge is 0.433 e. The smallest absolute Gasteiger partial charge is 0.404 e. The standard InChI is InChI=1S/C27H26F3N7O/c1-3-33-13-17(12-31)22-14-37(15-35-22)23-7-5-6-18-20(11-24(27(28,29)30)36-25(18)23)16-8-9-19(26(32)38)21(10-16)34-4-2/h5-15,34H,3-4,31H2,1-2H3,(H2,32,38). The number of hydrogen-bond donors (Lipinski definition) is 3. The Kier molecular flexibility index (Phi) is 7.47. The van der Waals surface area contributed by atoms with E-state index in [0.717, 1.165) is 6.07 Å². The maximum absolute atomic E-state index is 14.0. The lowest BCUT2D eigenvalue weighted by Gasteiger charge is -2.16. The Morgan fingerprint density at radius 3 is 2.63 bits per heavy atom. The fourth-order valence-corrected chi connectivity index (χ4v) is 4.08. The number of anilines is 1. The summed E-state index contributed by atoms with van der Waals surface area (Å²) in [6.45, 7) is 4.77. The Morgan fingerprint density at radius 2 is 1.97 bits per heavy atom. The predicted octanol–water partition coefficient (Wildman–Crippen LogP) is 5.03. The zero-order chi connectivity index (χ0) is 27.4. The van der Waals surface area contributed by atoms with Crippen LogP contribution >= 0.6 is 0 Å². The minimum absolute atomic E-state index is 0.130. The van der Waals surface area contributed by atoms with E-state index in [2.05, 4.69) is 20.3 Å². The molecule has 0 saturated carbocycles. The fourth-order valence-electron chi connectivity index (χ4n) is 4.08. The summed E-state index contributed by atoms with van der Waals surface area (Å²) in [5, 5.41) is 3.54. The summed E-state index contributed by atoms with van der Waals surface area (Å²) in [6, 6.07) is 10.8. The van der Waals surface area contributed by atoms with Gasteiger partial charge in [0.15, 0.2) is 0 Å². The predicted molar refractivity (Wildman–Crippen MR) is 143 cm³/mol. The number of hydrogen-bond acceptors (Lipinski definition) is 6. The fraction of sp³-hybridized carbons (Fsp3) is 0.185. The molecule has 0 bridgehead atoms. The highest BCUT2D eigenvalue weighted by Gasteiger charge is 2.34. The second-order valence-corrected chi connectivity index (χ2v) is 8.30. The highest BCUT2D eigenvalue weighted by atomic mass is 19.4. The number of carbonyl (C=O) groups is 1. The van der Waals surface area contributed by atoms with Crippen molar-refractivity contribution < 1.29 is 18.0 Å². The maximum atomic E-state index is 14.0. The normalized spacial score (nSPS) is 12.4. The van der Waals surface area contributed by atoms with Gasteiger partial charge in [0.2, 0.25) is 0 Å². The Morgan fingerprint density at radius 1 is 1.18 bits per heavy atom. The number of imidazole rings is 1. The van der Waals surface area contributed by atoms with Crippen LogP contribution in [0.4, 0.5) is 18.9 Å². The van der Waals surface area contributed by atoms with E-state index in [9.17, 15) is 18.0 Å². The van der Waals surface area contributed by atoms with Crippen LogP contribution in [0.3, 0.4) is 0 Å². The van der Waals surface area contributed by atoms with Crippen molar-refractivity contribution in [2.24, 2.45) is 16.5 Å². The van der Waals surface area contributed by atoms with Crippen molar-refractivity contribution in [1.29, 1.82) is 0 Å². The number of rotatable bonds is 8. The van der Waals surface area contributed by atoms with Gasteiger partial charge in [-0.05, 0) is 49.2 Å². The number of nitrogens with two attached hydrogens (primary N) is 2. The summed E-state index contributed by atoms with van der Waals surface area (Å²) in [4.78, 5) is 24.4. The van der Waals surface area contributed by atoms with Gasteiger partial charge in [0.1, 0.15) is 5.69 Å². The molecule has 196 valence electrons. The number of para-hydroxylation sites is 1. The van der Waals surface area contributed by atoms with Crippen LogP contribution in [0, 0.1) is 0 Å². The number of amides is 1. The molecule has 38 heavy (non-hydrogen) atoms. The molecule has 0 atom stereocenters. The van der Waals surface area contributed by atoms with Crippen LogP contribution in [-0.2, 0) is 6.18 Å². The van der Waals surface area contributed by atoms with Gasteiger partial charge in [-0.2, -0.15) is 13.2 Å². The van der Waals surface area contributed by atoms with E-state index in [1.54, 1.807) is 47.3 Å². The van der Waals surface area contributed by atoms with Crippen LogP contribution in [0.15, 0.2) is 66.2 Å². The Hall–Kier alpha value is -4.67. The second kappa shape index (κ2) is 10.8. The quantitative estimate of drug-likeness (QED) is 0.281. The number of benzene rings is 2. The van der Waals surface area contributed by atoms with Crippen molar-refractivity contribution in [1.82, 2.24) is 14.5 Å². The van der Waals surface area contributed by atoms with Crippen molar-refractivity contribution in [3.05, 3.63) is 78.1 Å². The van der Waals surface area contributed by atoms with Crippen LogP contribution in [-0.4, -0.2) is 39.7 Å². The SMILES string of the molecule is CCN=CC(=CN)c1cn(-c2cccc3c(-c4ccc(C(N)=O)c(NCC)c4)cc(C(F)(F)F)nc23)cn1. The highest BCUT2D eigenvalue weighted by Crippen LogP contribution is 2.38. The summed E-state index contributed by atoms with van der Waals surface area (Å²) < 4.78 is 43.6. The summed E-state index contributed by atoms with van der Waals surface area (Å²) >= 11 is 0. The van der Waals surface area contributed by atoms with Crippen molar-refractivity contribution in [2.45, 2.75) is 20.0 Å². The third-order valence-electron chi connectivity index (χ3n) is 5.82. The number of nitrogens with zero attached hydrogens (tertiary/aromatic N) is 4. The second-order valence-electron chi connectivity index (χ2n) is 8.30. The molecule has 0 fully saturated rings. The molecule has 11 heteroatoms. The minimum Gasteiger partial charge on any atom is -0.404 e. The van der Waals surface area contributed by atoms with Crippen LogP contribution in [0.25, 0.3) is 33.3 Å². The molecule has 0 aliphatic rings. The number of alkyl halides is 3. The van der Waals surface area contributed by atoms with E-state index in [0.29, 0.717) is 52.2 Å². The number of aromatic nitrogens is 3. The molecule has 2 aromatic heterocycles. The summed E-state index contributed by atoms with van der Waals surface area (Å²) in [7, 11) is 0. The van der Waals surface area contributed by atoms with Gasteiger partial charge in [0.05, 0.1) is 28.8 Å². The van der Waals surface area contributed by atoms with Crippen molar-refractivity contribution in [2.75, 3.05) is 18.4 Å². The number of carbonyl (C=O) groups excluding carboxylic acids is 1. The average Bonchev–Trinajstić information content (AvgIpc) is 3.37. The lowest BCUT2D eigenvalue weighted by molar-refractivity contribution is -0.140. The van der Waals surface area contributed by atoms with Gasteiger partial charge in [-0.25, -0.2) is 9.97 Å². The molecule has 5 N–H and O–H groups in total. The van der Waals surface area contributed by atoms with E-state index in [1.807, 2.05) is 13.8 Å². The number of fused-ring (bicyclic) bond motifs is 1. The molecule has 4 aromatic rings. The number of primary amides is 1. The van der Waals surface area contributed by atoms with E-state index >= 15 is 0 Å². The third kappa shape index (κ3) is 5.22. The van der Waals surface area contributed by atoms with E-state index in [4.69, 9.17) is 11.5 Å². The molecule has 4 rings (SSSR count). The number of aliphatic imine (C=N–C) groups is 1. The maximum Gasteiger partial charge on any atom is 0.433 e. The molecular formula is C27H26F3N7O. The van der Waals surface area contributed by atoms with Gasteiger partial charge >= 0.3 is 6.18 Å². The number of allylic oxidation sites excluding steroid dienone is 1. The van der Waals surface area contributed by atoms with Crippen molar-refractivity contribution >= 4 is 34.3 Å². The minimum atomic E-state index is -4.69. The Balaban J connectivity index is 1.95. The van der Waals surface area contributed by atoms with Crippen molar-refractivity contribution in [3.8, 4) is 16.8 Å². The molecule has 0 saturated heterocycles. The van der Waals surface area contributed by atoms with Gasteiger partial charge < -0.3 is 21.4 Å². The molecule has 0 spiro atoms. The van der Waals surface area contributed by atoms with Gasteiger partial charge in [0, 0.05) is 48.3 Å². The monoisotopic (exact) mass is 521 g/mol. The van der Waals surface area contributed by atoms with Gasteiger partial charge in [-0.15, -0.1) is 0 Å². The first-order chi connectivity index (χ1) is 18.2. The lowest BCUT2D eigenvalue weighted by Crippen LogP contribution is -2.14. The molecule has 1 amide bonds. The zero-order valence-electron chi connectivity index (χ0n) is 20.8. The van der Waals surface area contributed by atoms with Crippen LogP contribution in [0.1, 0.15) is 35.6 Å². The first kappa shape index (κ1) is 26.4. The number of pyridine rings is 1. The molecule has 0 radical (unpaired) electrons. The summed E-state index contributed by atoms with van der Waals surface area (Å²) in [5.74, 6) is -0.642. The number of halogens is 3. The van der Waals surface area contributed by atoms with Gasteiger partial charge in [0.25, 0.3) is 5.91 Å². The van der Waals surface area contributed by atoms with E-state index in [1.165, 1.54) is 18.6 Å². The summed E-state index contributed by atoms with van der Waals surface area (Å²) in [5.41, 5.74) is 13.2. The highest BCUT2D eigenvalue weighted by molar-refractivity contribution is 6.09. The molecule has 8 nitrogen and oxygen atoms in total. The van der Waals surface area contributed by atoms with Crippen LogP contribution in [0.5, 0.6) is 0 Å². The first-order valence-electron chi connectivity index (χ1n) is 11.8. The van der Waals surface area contributed by atoms with Crippen molar-refractivity contribution in [3.63, 3.8) is 0 Å². The first-order valence-corrected chi connectivity index (χ1v) is 11.8. The zero-order valence-corrected chi connectivity index (χ0v) is 20.8. The van der Waals surface area contributed by atoms with Crippen LogP contribution < -0.4 is 16.8 Å². The van der Waals surface area contributed by atoms with E-state index < -0.39 is 17.8 Å². The molecule has 2 aromatic carbocycles.